The van der Waals surface area contributed by atoms with Crippen LogP contribution in [0.3, 0.4) is 0 Å². The van der Waals surface area contributed by atoms with E-state index in [2.05, 4.69) is 19.2 Å². The predicted octanol–water partition coefficient (Wildman–Crippen LogP) is 3.48. The number of benzene rings is 1. The number of carbonyl (C=O) groups excluding carboxylic acids is 1. The first-order valence-electron chi connectivity index (χ1n) is 7.16. The number of nitrogens with two attached hydrogens (primary N) is 1. The maximum atomic E-state index is 12.5. The fraction of sp³-hybridized carbons (Fsp3) is 0.562. The van der Waals surface area contributed by atoms with Gasteiger partial charge in [0.2, 0.25) is 5.91 Å². The Morgan fingerprint density at radius 2 is 1.68 bits per heavy atom. The standard InChI is InChI=1S/C16H26N2O/c1-4-10-16(12-17,11-5-2)15(19)18-14-8-6-13(3)7-9-14/h6-9H,4-5,10-12,17H2,1-3H3,(H,18,19). The molecule has 0 aliphatic rings. The number of carbonyl (C=O) groups is 1. The largest absolute Gasteiger partial charge is 0.329 e. The van der Waals surface area contributed by atoms with E-state index in [4.69, 9.17) is 5.73 Å². The first kappa shape index (κ1) is 15.7. The van der Waals surface area contributed by atoms with Gasteiger partial charge in [-0.1, -0.05) is 44.4 Å². The molecule has 106 valence electrons. The van der Waals surface area contributed by atoms with E-state index in [1.807, 2.05) is 31.2 Å². The summed E-state index contributed by atoms with van der Waals surface area (Å²) < 4.78 is 0. The Bertz CT molecular complexity index is 392. The van der Waals surface area contributed by atoms with Gasteiger partial charge in [0, 0.05) is 12.2 Å². The lowest BCUT2D eigenvalue weighted by Gasteiger charge is -2.30. The molecule has 0 aromatic heterocycles. The number of aryl methyl sites for hydroxylation is 1. The third-order valence-electron chi connectivity index (χ3n) is 3.64. The summed E-state index contributed by atoms with van der Waals surface area (Å²) >= 11 is 0. The molecule has 1 aromatic rings. The highest BCUT2D eigenvalue weighted by molar-refractivity contribution is 5.95. The van der Waals surface area contributed by atoms with Crippen LogP contribution in [0, 0.1) is 12.3 Å². The molecule has 0 spiro atoms. The zero-order valence-electron chi connectivity index (χ0n) is 12.3. The Labute approximate surface area is 116 Å². The van der Waals surface area contributed by atoms with Crippen LogP contribution in [0.2, 0.25) is 0 Å². The van der Waals surface area contributed by atoms with Gasteiger partial charge in [-0.15, -0.1) is 0 Å². The molecule has 0 heterocycles. The number of nitrogens with one attached hydrogen (secondary N) is 1. The Balaban J connectivity index is 2.84. The van der Waals surface area contributed by atoms with Crippen molar-refractivity contribution in [2.24, 2.45) is 11.1 Å². The molecule has 0 saturated carbocycles. The summed E-state index contributed by atoms with van der Waals surface area (Å²) in [6.45, 7) is 6.63. The third-order valence-corrected chi connectivity index (χ3v) is 3.64. The van der Waals surface area contributed by atoms with Crippen LogP contribution in [-0.2, 0) is 4.79 Å². The number of rotatable bonds is 7. The highest BCUT2D eigenvalue weighted by Crippen LogP contribution is 2.30. The van der Waals surface area contributed by atoms with Gasteiger partial charge in [0.05, 0.1) is 5.41 Å². The van der Waals surface area contributed by atoms with Crippen LogP contribution in [0.1, 0.15) is 45.1 Å². The quantitative estimate of drug-likeness (QED) is 0.790. The van der Waals surface area contributed by atoms with Crippen molar-refractivity contribution in [2.45, 2.75) is 46.5 Å². The summed E-state index contributed by atoms with van der Waals surface area (Å²) in [7, 11) is 0. The molecule has 0 atom stereocenters. The van der Waals surface area contributed by atoms with Crippen molar-refractivity contribution in [3.8, 4) is 0 Å². The molecule has 0 radical (unpaired) electrons. The fourth-order valence-corrected chi connectivity index (χ4v) is 2.51. The van der Waals surface area contributed by atoms with E-state index in [0.29, 0.717) is 6.54 Å². The Hall–Kier alpha value is -1.35. The van der Waals surface area contributed by atoms with E-state index in [-0.39, 0.29) is 5.91 Å². The van der Waals surface area contributed by atoms with E-state index in [0.717, 1.165) is 31.4 Å². The number of amides is 1. The highest BCUT2D eigenvalue weighted by Gasteiger charge is 2.35. The van der Waals surface area contributed by atoms with E-state index in [1.54, 1.807) is 0 Å². The predicted molar refractivity (Wildman–Crippen MR) is 81.1 cm³/mol. The van der Waals surface area contributed by atoms with Gasteiger partial charge in [0.1, 0.15) is 0 Å². The molecule has 1 aromatic carbocycles. The van der Waals surface area contributed by atoms with Gasteiger partial charge >= 0.3 is 0 Å². The van der Waals surface area contributed by atoms with Crippen molar-refractivity contribution in [3.63, 3.8) is 0 Å². The second-order valence-electron chi connectivity index (χ2n) is 5.30. The molecule has 3 nitrogen and oxygen atoms in total. The van der Waals surface area contributed by atoms with Crippen LogP contribution in [0.5, 0.6) is 0 Å². The minimum atomic E-state index is -0.422. The minimum absolute atomic E-state index is 0.0579. The molecule has 3 heteroatoms. The van der Waals surface area contributed by atoms with Crippen molar-refractivity contribution in [1.82, 2.24) is 0 Å². The van der Waals surface area contributed by atoms with Gasteiger partial charge in [-0.3, -0.25) is 4.79 Å². The monoisotopic (exact) mass is 262 g/mol. The lowest BCUT2D eigenvalue weighted by Crippen LogP contribution is -2.42. The lowest BCUT2D eigenvalue weighted by molar-refractivity contribution is -0.126. The van der Waals surface area contributed by atoms with Crippen LogP contribution >= 0.6 is 0 Å². The molecule has 1 rings (SSSR count). The van der Waals surface area contributed by atoms with Crippen molar-refractivity contribution < 1.29 is 4.79 Å². The average molecular weight is 262 g/mol. The smallest absolute Gasteiger partial charge is 0.231 e. The molecular weight excluding hydrogens is 236 g/mol. The Kier molecular flexibility index (Phi) is 6.03. The summed E-state index contributed by atoms with van der Waals surface area (Å²) in [6, 6.07) is 7.87. The number of hydrogen-bond acceptors (Lipinski definition) is 2. The second kappa shape index (κ2) is 7.29. The molecule has 0 bridgehead atoms. The van der Waals surface area contributed by atoms with Crippen LogP contribution < -0.4 is 11.1 Å². The van der Waals surface area contributed by atoms with Crippen LogP contribution in [0.25, 0.3) is 0 Å². The summed E-state index contributed by atoms with van der Waals surface area (Å²) in [4.78, 5) is 12.5. The second-order valence-corrected chi connectivity index (χ2v) is 5.30. The summed E-state index contributed by atoms with van der Waals surface area (Å²) in [6.07, 6.45) is 3.63. The van der Waals surface area contributed by atoms with Gasteiger partial charge in [0.25, 0.3) is 0 Å². The first-order chi connectivity index (χ1) is 9.07. The van der Waals surface area contributed by atoms with Gasteiger partial charge in [-0.25, -0.2) is 0 Å². The molecule has 0 aliphatic heterocycles. The molecular formula is C16H26N2O. The molecule has 3 N–H and O–H groups in total. The minimum Gasteiger partial charge on any atom is -0.329 e. The third kappa shape index (κ3) is 4.06. The zero-order valence-corrected chi connectivity index (χ0v) is 12.3. The SMILES string of the molecule is CCCC(CN)(CCC)C(=O)Nc1ccc(C)cc1. The lowest BCUT2D eigenvalue weighted by atomic mass is 9.78. The summed E-state index contributed by atoms with van der Waals surface area (Å²) in [5.41, 5.74) is 7.51. The van der Waals surface area contributed by atoms with Crippen LogP contribution in [-0.4, -0.2) is 12.5 Å². The van der Waals surface area contributed by atoms with Crippen LogP contribution in [0.15, 0.2) is 24.3 Å². The van der Waals surface area contributed by atoms with E-state index < -0.39 is 5.41 Å². The van der Waals surface area contributed by atoms with Crippen molar-refractivity contribution in [3.05, 3.63) is 29.8 Å². The van der Waals surface area contributed by atoms with Crippen molar-refractivity contribution in [1.29, 1.82) is 0 Å². The van der Waals surface area contributed by atoms with Crippen molar-refractivity contribution >= 4 is 11.6 Å². The van der Waals surface area contributed by atoms with Gasteiger partial charge in [-0.05, 0) is 31.9 Å². The average Bonchev–Trinajstić information content (AvgIpc) is 2.41. The molecule has 0 unspecified atom stereocenters. The number of hydrogen-bond donors (Lipinski definition) is 2. The highest BCUT2D eigenvalue weighted by atomic mass is 16.2. The van der Waals surface area contributed by atoms with Gasteiger partial charge < -0.3 is 11.1 Å². The van der Waals surface area contributed by atoms with Gasteiger partial charge in [0.15, 0.2) is 0 Å². The summed E-state index contributed by atoms with van der Waals surface area (Å²) in [5.74, 6) is 0.0579. The molecule has 0 aliphatic carbocycles. The number of anilines is 1. The molecule has 1 amide bonds. The van der Waals surface area contributed by atoms with E-state index in [9.17, 15) is 4.79 Å². The van der Waals surface area contributed by atoms with Crippen LogP contribution in [0.4, 0.5) is 5.69 Å². The first-order valence-corrected chi connectivity index (χ1v) is 7.16. The normalized spacial score (nSPS) is 11.4. The van der Waals surface area contributed by atoms with Crippen molar-refractivity contribution in [2.75, 3.05) is 11.9 Å². The summed E-state index contributed by atoms with van der Waals surface area (Å²) in [5, 5.41) is 3.01. The molecule has 0 saturated heterocycles. The fourth-order valence-electron chi connectivity index (χ4n) is 2.51. The van der Waals surface area contributed by atoms with E-state index in [1.165, 1.54) is 5.56 Å². The Morgan fingerprint density at radius 3 is 2.11 bits per heavy atom. The maximum absolute atomic E-state index is 12.5. The van der Waals surface area contributed by atoms with Gasteiger partial charge in [-0.2, -0.15) is 0 Å². The Morgan fingerprint density at radius 1 is 1.16 bits per heavy atom. The van der Waals surface area contributed by atoms with E-state index >= 15 is 0 Å². The maximum Gasteiger partial charge on any atom is 0.231 e. The molecule has 0 fully saturated rings. The molecule has 19 heavy (non-hydrogen) atoms. The topological polar surface area (TPSA) is 55.1 Å². The zero-order chi connectivity index (χ0) is 14.3.